The molecule has 0 saturated heterocycles. The monoisotopic (exact) mass is 299 g/mol. The predicted molar refractivity (Wildman–Crippen MR) is 78.0 cm³/mol. The number of nitrogens with one attached hydrogen (secondary N) is 1. The molecule has 1 N–H and O–H groups in total. The van der Waals surface area contributed by atoms with Crippen LogP contribution in [0.4, 0.5) is 11.4 Å². The molecular formula is C14H13N5O3. The molecule has 112 valence electrons. The van der Waals surface area contributed by atoms with E-state index in [0.29, 0.717) is 12.1 Å². The maximum atomic E-state index is 12.1. The molecule has 2 rings (SSSR count). The van der Waals surface area contributed by atoms with Crippen molar-refractivity contribution in [2.75, 3.05) is 5.32 Å². The summed E-state index contributed by atoms with van der Waals surface area (Å²) in [7, 11) is 0. The Kier molecular flexibility index (Phi) is 4.48. The first-order valence-electron chi connectivity index (χ1n) is 6.46. The van der Waals surface area contributed by atoms with Crippen molar-refractivity contribution in [2.24, 2.45) is 0 Å². The van der Waals surface area contributed by atoms with E-state index < -0.39 is 11.0 Å². The van der Waals surface area contributed by atoms with Crippen LogP contribution in [0.2, 0.25) is 0 Å². The Labute approximate surface area is 126 Å². The van der Waals surface area contributed by atoms with Crippen LogP contribution in [-0.2, 0) is 11.2 Å². The van der Waals surface area contributed by atoms with Crippen molar-refractivity contribution in [3.8, 4) is 6.07 Å². The average molecular weight is 299 g/mol. The van der Waals surface area contributed by atoms with E-state index in [-0.39, 0.29) is 11.6 Å². The number of carbonyl (C=O) groups excluding carboxylic acids is 1. The lowest BCUT2D eigenvalue weighted by atomic mass is 10.1. The van der Waals surface area contributed by atoms with Gasteiger partial charge in [0, 0.05) is 5.69 Å². The molecule has 0 aliphatic carbocycles. The number of anilines is 1. The van der Waals surface area contributed by atoms with Crippen molar-refractivity contribution in [2.45, 2.75) is 19.4 Å². The molecule has 8 nitrogen and oxygen atoms in total. The molecule has 2 aromatic rings. The molecule has 0 radical (unpaired) electrons. The molecule has 1 aromatic heterocycles. The van der Waals surface area contributed by atoms with Crippen molar-refractivity contribution in [3.63, 3.8) is 0 Å². The zero-order chi connectivity index (χ0) is 16.1. The normalized spacial score (nSPS) is 11.5. The maximum absolute atomic E-state index is 12.1. The SMILES string of the molecule is C[C@@H](C(=O)Nc1ccc(CC#N)cc1)n1cc([N+](=O)[O-])cn1. The fraction of sp³-hybridized carbons (Fsp3) is 0.214. The van der Waals surface area contributed by atoms with E-state index in [0.717, 1.165) is 11.8 Å². The van der Waals surface area contributed by atoms with Gasteiger partial charge in [0.1, 0.15) is 18.4 Å². The van der Waals surface area contributed by atoms with E-state index in [1.165, 1.54) is 10.9 Å². The van der Waals surface area contributed by atoms with Gasteiger partial charge in [0.2, 0.25) is 5.91 Å². The summed E-state index contributed by atoms with van der Waals surface area (Å²) in [5, 5.41) is 25.7. The third kappa shape index (κ3) is 3.46. The highest BCUT2D eigenvalue weighted by molar-refractivity contribution is 5.93. The summed E-state index contributed by atoms with van der Waals surface area (Å²) in [6, 6.07) is 8.25. The number of hydrogen-bond acceptors (Lipinski definition) is 5. The standard InChI is InChI=1S/C14H13N5O3/c1-10(18-9-13(8-16-18)19(21)22)14(20)17-12-4-2-11(3-5-12)6-7-15/h2-5,8-10H,6H2,1H3,(H,17,20)/t10-/m0/s1. The van der Waals surface area contributed by atoms with Crippen LogP contribution in [0.1, 0.15) is 18.5 Å². The first-order chi connectivity index (χ1) is 10.5. The quantitative estimate of drug-likeness (QED) is 0.670. The van der Waals surface area contributed by atoms with E-state index in [4.69, 9.17) is 5.26 Å². The van der Waals surface area contributed by atoms with Crippen LogP contribution >= 0.6 is 0 Å². The third-order valence-electron chi connectivity index (χ3n) is 3.08. The van der Waals surface area contributed by atoms with Gasteiger partial charge in [0.05, 0.1) is 17.4 Å². The number of aromatic nitrogens is 2. The number of hydrogen-bond donors (Lipinski definition) is 1. The predicted octanol–water partition coefficient (Wildman–Crippen LogP) is 2.06. The molecule has 1 aromatic carbocycles. The van der Waals surface area contributed by atoms with Gasteiger partial charge in [-0.1, -0.05) is 12.1 Å². The van der Waals surface area contributed by atoms with Crippen LogP contribution in [-0.4, -0.2) is 20.6 Å². The Morgan fingerprint density at radius 2 is 2.18 bits per heavy atom. The largest absolute Gasteiger partial charge is 0.324 e. The van der Waals surface area contributed by atoms with Crippen LogP contribution in [0.15, 0.2) is 36.7 Å². The lowest BCUT2D eigenvalue weighted by molar-refractivity contribution is -0.385. The summed E-state index contributed by atoms with van der Waals surface area (Å²) in [5.41, 5.74) is 1.27. The Bertz CT molecular complexity index is 730. The van der Waals surface area contributed by atoms with Gasteiger partial charge in [-0.25, -0.2) is 0 Å². The maximum Gasteiger partial charge on any atom is 0.307 e. The molecule has 1 amide bonds. The third-order valence-corrected chi connectivity index (χ3v) is 3.08. The van der Waals surface area contributed by atoms with E-state index >= 15 is 0 Å². The van der Waals surface area contributed by atoms with Gasteiger partial charge in [0.25, 0.3) is 0 Å². The van der Waals surface area contributed by atoms with Gasteiger partial charge in [-0.05, 0) is 24.6 Å². The number of amides is 1. The molecule has 0 aliphatic heterocycles. The van der Waals surface area contributed by atoms with Gasteiger partial charge < -0.3 is 5.32 Å². The van der Waals surface area contributed by atoms with E-state index in [2.05, 4.69) is 10.4 Å². The smallest absolute Gasteiger partial charge is 0.307 e. The van der Waals surface area contributed by atoms with E-state index in [1.54, 1.807) is 31.2 Å². The number of nitrogens with zero attached hydrogens (tertiary/aromatic N) is 4. The Hall–Kier alpha value is -3.21. The topological polar surface area (TPSA) is 114 Å². The van der Waals surface area contributed by atoms with Crippen molar-refractivity contribution >= 4 is 17.3 Å². The molecule has 22 heavy (non-hydrogen) atoms. The summed E-state index contributed by atoms with van der Waals surface area (Å²) in [4.78, 5) is 22.2. The van der Waals surface area contributed by atoms with E-state index in [9.17, 15) is 14.9 Å². The van der Waals surface area contributed by atoms with Crippen LogP contribution in [0.5, 0.6) is 0 Å². The Balaban J connectivity index is 2.04. The minimum Gasteiger partial charge on any atom is -0.324 e. The van der Waals surface area contributed by atoms with Gasteiger partial charge in [-0.3, -0.25) is 19.6 Å². The summed E-state index contributed by atoms with van der Waals surface area (Å²) in [5.74, 6) is -0.342. The molecule has 0 unspecified atom stereocenters. The number of carbonyl (C=O) groups is 1. The number of rotatable bonds is 5. The van der Waals surface area contributed by atoms with Crippen molar-refractivity contribution in [3.05, 3.63) is 52.3 Å². The second-order valence-corrected chi connectivity index (χ2v) is 4.63. The molecule has 1 heterocycles. The molecule has 0 bridgehead atoms. The van der Waals surface area contributed by atoms with Gasteiger partial charge in [-0.15, -0.1) is 0 Å². The van der Waals surface area contributed by atoms with Crippen molar-refractivity contribution in [1.29, 1.82) is 5.26 Å². The zero-order valence-corrected chi connectivity index (χ0v) is 11.8. The van der Waals surface area contributed by atoms with Gasteiger partial charge in [-0.2, -0.15) is 10.4 Å². The molecule has 1 atom stereocenters. The first kappa shape index (κ1) is 15.2. The van der Waals surface area contributed by atoms with Crippen molar-refractivity contribution < 1.29 is 9.72 Å². The highest BCUT2D eigenvalue weighted by atomic mass is 16.6. The number of nitriles is 1. The zero-order valence-electron chi connectivity index (χ0n) is 11.8. The second kappa shape index (κ2) is 6.49. The molecule has 0 saturated carbocycles. The molecule has 0 fully saturated rings. The first-order valence-corrected chi connectivity index (χ1v) is 6.46. The van der Waals surface area contributed by atoms with Crippen LogP contribution in [0.25, 0.3) is 0 Å². The van der Waals surface area contributed by atoms with Crippen LogP contribution in [0.3, 0.4) is 0 Å². The minimum atomic E-state index is -0.688. The summed E-state index contributed by atoms with van der Waals surface area (Å²) < 4.78 is 1.23. The second-order valence-electron chi connectivity index (χ2n) is 4.63. The number of benzene rings is 1. The van der Waals surface area contributed by atoms with Gasteiger partial charge in [0.15, 0.2) is 0 Å². The highest BCUT2D eigenvalue weighted by Gasteiger charge is 2.19. The lowest BCUT2D eigenvalue weighted by Crippen LogP contribution is -2.24. The molecule has 0 spiro atoms. The number of nitro groups is 1. The molecule has 0 aliphatic rings. The fourth-order valence-electron chi connectivity index (χ4n) is 1.80. The summed E-state index contributed by atoms with van der Waals surface area (Å²) in [6.45, 7) is 1.59. The Morgan fingerprint density at radius 1 is 1.50 bits per heavy atom. The Morgan fingerprint density at radius 3 is 2.73 bits per heavy atom. The van der Waals surface area contributed by atoms with E-state index in [1.807, 2.05) is 6.07 Å². The highest BCUT2D eigenvalue weighted by Crippen LogP contribution is 2.16. The minimum absolute atomic E-state index is 0.166. The van der Waals surface area contributed by atoms with Crippen molar-refractivity contribution in [1.82, 2.24) is 9.78 Å². The summed E-state index contributed by atoms with van der Waals surface area (Å²) in [6.07, 6.45) is 2.61. The lowest BCUT2D eigenvalue weighted by Gasteiger charge is -2.12. The fourth-order valence-corrected chi connectivity index (χ4v) is 1.80. The average Bonchev–Trinajstić information content (AvgIpc) is 2.99. The molecule has 8 heteroatoms. The summed E-state index contributed by atoms with van der Waals surface area (Å²) >= 11 is 0. The van der Waals surface area contributed by atoms with Gasteiger partial charge >= 0.3 is 5.69 Å². The van der Waals surface area contributed by atoms with Crippen LogP contribution < -0.4 is 5.32 Å². The molecular weight excluding hydrogens is 286 g/mol. The van der Waals surface area contributed by atoms with Crippen LogP contribution in [0, 0.1) is 21.4 Å².